The first-order valence-electron chi connectivity index (χ1n) is 9.24. The number of hydrogen-bond acceptors (Lipinski definition) is 4. The number of rotatable bonds is 9. The molecule has 2 atom stereocenters. The van der Waals surface area contributed by atoms with Gasteiger partial charge in [-0.15, -0.1) is 0 Å². The number of aryl methyl sites for hydroxylation is 2. The van der Waals surface area contributed by atoms with Gasteiger partial charge >= 0.3 is 0 Å². The van der Waals surface area contributed by atoms with Gasteiger partial charge in [-0.1, -0.05) is 13.0 Å². The topological polar surface area (TPSA) is 56.8 Å². The number of carbonyl (C=O) groups is 1. The lowest BCUT2D eigenvalue weighted by molar-refractivity contribution is -0.128. The van der Waals surface area contributed by atoms with E-state index in [-0.39, 0.29) is 11.9 Å². The van der Waals surface area contributed by atoms with Crippen molar-refractivity contribution < 1.29 is 19.0 Å². The van der Waals surface area contributed by atoms with Crippen molar-refractivity contribution in [2.75, 3.05) is 13.7 Å². The Labute approximate surface area is 161 Å². The molecule has 0 saturated heterocycles. The SMILES string of the molecule is CC[C@@H](Oc1ccc(C)c(C)c1)C(=O)N[C@@H](C)COc1ccc(OC)cc1. The third-order valence-electron chi connectivity index (χ3n) is 4.37. The second kappa shape index (κ2) is 9.86. The normalized spacial score (nSPS) is 12.8. The molecule has 0 radical (unpaired) electrons. The van der Waals surface area contributed by atoms with Crippen molar-refractivity contribution in [1.82, 2.24) is 5.32 Å². The highest BCUT2D eigenvalue weighted by atomic mass is 16.5. The summed E-state index contributed by atoms with van der Waals surface area (Å²) in [7, 11) is 1.62. The van der Waals surface area contributed by atoms with Crippen molar-refractivity contribution in [1.29, 1.82) is 0 Å². The maximum absolute atomic E-state index is 12.5. The van der Waals surface area contributed by atoms with E-state index < -0.39 is 6.10 Å². The summed E-state index contributed by atoms with van der Waals surface area (Å²) in [6, 6.07) is 13.1. The van der Waals surface area contributed by atoms with Gasteiger partial charge in [-0.2, -0.15) is 0 Å². The third-order valence-corrected chi connectivity index (χ3v) is 4.37. The fourth-order valence-electron chi connectivity index (χ4n) is 2.54. The van der Waals surface area contributed by atoms with Crippen LogP contribution in [0.4, 0.5) is 0 Å². The Balaban J connectivity index is 1.85. The van der Waals surface area contributed by atoms with E-state index in [0.717, 1.165) is 17.1 Å². The van der Waals surface area contributed by atoms with Crippen molar-refractivity contribution in [2.45, 2.75) is 46.3 Å². The number of carbonyl (C=O) groups excluding carboxylic acids is 1. The Hall–Kier alpha value is -2.69. The molecule has 0 bridgehead atoms. The predicted octanol–water partition coefficient (Wildman–Crippen LogP) is 4.05. The van der Waals surface area contributed by atoms with Crippen LogP contribution in [0, 0.1) is 13.8 Å². The maximum Gasteiger partial charge on any atom is 0.261 e. The Morgan fingerprint density at radius 3 is 2.22 bits per heavy atom. The lowest BCUT2D eigenvalue weighted by atomic mass is 10.1. The second-order valence-corrected chi connectivity index (χ2v) is 6.66. The number of benzene rings is 2. The van der Waals surface area contributed by atoms with Crippen molar-refractivity contribution in [3.05, 3.63) is 53.6 Å². The Kier molecular flexibility index (Phi) is 7.53. The molecular weight excluding hydrogens is 342 g/mol. The summed E-state index contributed by atoms with van der Waals surface area (Å²) >= 11 is 0. The Morgan fingerprint density at radius 1 is 1.00 bits per heavy atom. The molecule has 0 spiro atoms. The van der Waals surface area contributed by atoms with Crippen LogP contribution in [0.3, 0.4) is 0 Å². The maximum atomic E-state index is 12.5. The molecule has 1 N–H and O–H groups in total. The van der Waals surface area contributed by atoms with Gasteiger partial charge in [0.2, 0.25) is 0 Å². The van der Waals surface area contributed by atoms with Gasteiger partial charge in [-0.05, 0) is 74.7 Å². The van der Waals surface area contributed by atoms with Crippen LogP contribution in [0.15, 0.2) is 42.5 Å². The molecule has 1 amide bonds. The number of methoxy groups -OCH3 is 1. The van der Waals surface area contributed by atoms with E-state index >= 15 is 0 Å². The average molecular weight is 371 g/mol. The molecule has 2 rings (SSSR count). The summed E-state index contributed by atoms with van der Waals surface area (Å²) in [6.45, 7) is 8.29. The first kappa shape index (κ1) is 20.6. The number of ether oxygens (including phenoxy) is 3. The van der Waals surface area contributed by atoms with Gasteiger partial charge in [0.05, 0.1) is 13.2 Å². The minimum absolute atomic E-state index is 0.137. The van der Waals surface area contributed by atoms with Crippen LogP contribution in [0.1, 0.15) is 31.4 Å². The largest absolute Gasteiger partial charge is 0.497 e. The summed E-state index contributed by atoms with van der Waals surface area (Å²) in [6.07, 6.45) is 0.0562. The molecule has 0 saturated carbocycles. The van der Waals surface area contributed by atoms with Crippen LogP contribution >= 0.6 is 0 Å². The standard InChI is InChI=1S/C22H29NO4/c1-6-21(27-20-8-7-15(2)16(3)13-20)22(24)23-17(4)14-26-19-11-9-18(25-5)10-12-19/h7-13,17,21H,6,14H2,1-5H3,(H,23,24)/t17-,21+/m0/s1. The van der Waals surface area contributed by atoms with E-state index in [9.17, 15) is 4.79 Å². The molecular formula is C22H29NO4. The predicted molar refractivity (Wildman–Crippen MR) is 107 cm³/mol. The summed E-state index contributed by atoms with van der Waals surface area (Å²) in [4.78, 5) is 12.5. The van der Waals surface area contributed by atoms with Crippen molar-refractivity contribution in [2.24, 2.45) is 0 Å². The molecule has 2 aromatic carbocycles. The molecule has 0 aliphatic heterocycles. The van der Waals surface area contributed by atoms with Crippen molar-refractivity contribution >= 4 is 5.91 Å². The van der Waals surface area contributed by atoms with Gasteiger partial charge in [0, 0.05) is 0 Å². The molecule has 146 valence electrons. The zero-order chi connectivity index (χ0) is 19.8. The molecule has 0 aliphatic carbocycles. The smallest absolute Gasteiger partial charge is 0.261 e. The van der Waals surface area contributed by atoms with Crippen molar-refractivity contribution in [3.63, 3.8) is 0 Å². The van der Waals surface area contributed by atoms with Gasteiger partial charge in [0.1, 0.15) is 23.9 Å². The molecule has 0 aliphatic rings. The van der Waals surface area contributed by atoms with Crippen LogP contribution < -0.4 is 19.5 Å². The van der Waals surface area contributed by atoms with Gasteiger partial charge in [-0.25, -0.2) is 0 Å². The average Bonchev–Trinajstić information content (AvgIpc) is 2.67. The van der Waals surface area contributed by atoms with Gasteiger partial charge in [0.15, 0.2) is 6.10 Å². The molecule has 5 heteroatoms. The van der Waals surface area contributed by atoms with Gasteiger partial charge in [-0.3, -0.25) is 4.79 Å². The summed E-state index contributed by atoms with van der Waals surface area (Å²) in [5.41, 5.74) is 2.34. The molecule has 0 heterocycles. The quantitative estimate of drug-likeness (QED) is 0.722. The summed E-state index contributed by atoms with van der Waals surface area (Å²) in [5.74, 6) is 2.08. The van der Waals surface area contributed by atoms with E-state index in [1.54, 1.807) is 7.11 Å². The van der Waals surface area contributed by atoms with Crippen LogP contribution in [-0.4, -0.2) is 31.8 Å². The monoisotopic (exact) mass is 371 g/mol. The first-order chi connectivity index (χ1) is 12.9. The lowest BCUT2D eigenvalue weighted by Gasteiger charge is -2.21. The van der Waals surface area contributed by atoms with Gasteiger partial charge in [0.25, 0.3) is 5.91 Å². The first-order valence-corrected chi connectivity index (χ1v) is 9.24. The van der Waals surface area contributed by atoms with Crippen LogP contribution in [-0.2, 0) is 4.79 Å². The fourth-order valence-corrected chi connectivity index (χ4v) is 2.54. The number of nitrogens with one attached hydrogen (secondary N) is 1. The highest BCUT2D eigenvalue weighted by Gasteiger charge is 2.20. The zero-order valence-electron chi connectivity index (χ0n) is 16.7. The Morgan fingerprint density at radius 2 is 1.63 bits per heavy atom. The zero-order valence-corrected chi connectivity index (χ0v) is 16.7. The minimum Gasteiger partial charge on any atom is -0.497 e. The number of amides is 1. The van der Waals surface area contributed by atoms with E-state index in [4.69, 9.17) is 14.2 Å². The highest BCUT2D eigenvalue weighted by Crippen LogP contribution is 2.19. The second-order valence-electron chi connectivity index (χ2n) is 6.66. The lowest BCUT2D eigenvalue weighted by Crippen LogP contribution is -2.44. The molecule has 0 unspecified atom stereocenters. The third kappa shape index (κ3) is 6.20. The van der Waals surface area contributed by atoms with Crippen LogP contribution in [0.25, 0.3) is 0 Å². The van der Waals surface area contributed by atoms with E-state index in [2.05, 4.69) is 5.32 Å². The van der Waals surface area contributed by atoms with Crippen molar-refractivity contribution in [3.8, 4) is 17.2 Å². The molecule has 27 heavy (non-hydrogen) atoms. The fraction of sp³-hybridized carbons (Fsp3) is 0.409. The van der Waals surface area contributed by atoms with E-state index in [1.807, 2.05) is 70.2 Å². The molecule has 0 aromatic heterocycles. The summed E-state index contributed by atoms with van der Waals surface area (Å²) < 4.78 is 16.7. The van der Waals surface area contributed by atoms with E-state index in [1.165, 1.54) is 5.56 Å². The molecule has 0 fully saturated rings. The molecule has 5 nitrogen and oxygen atoms in total. The Bertz CT molecular complexity index is 742. The summed E-state index contributed by atoms with van der Waals surface area (Å²) in [5, 5.41) is 2.96. The minimum atomic E-state index is -0.532. The van der Waals surface area contributed by atoms with E-state index in [0.29, 0.717) is 18.8 Å². The number of hydrogen-bond donors (Lipinski definition) is 1. The van der Waals surface area contributed by atoms with Crippen LogP contribution in [0.5, 0.6) is 17.2 Å². The highest BCUT2D eigenvalue weighted by molar-refractivity contribution is 5.81. The van der Waals surface area contributed by atoms with Gasteiger partial charge < -0.3 is 19.5 Å². The molecule has 2 aromatic rings. The van der Waals surface area contributed by atoms with Crippen LogP contribution in [0.2, 0.25) is 0 Å².